The molecule has 2 aromatic carbocycles. The Morgan fingerprint density at radius 1 is 0.656 bits per heavy atom. The van der Waals surface area contributed by atoms with E-state index in [9.17, 15) is 14.7 Å². The number of rotatable bonds is 5. The second-order valence-electron chi connectivity index (χ2n) is 7.68. The molecule has 3 heterocycles. The van der Waals surface area contributed by atoms with E-state index in [1.54, 1.807) is 24.3 Å². The summed E-state index contributed by atoms with van der Waals surface area (Å²) in [4.78, 5) is 22.1. The summed E-state index contributed by atoms with van der Waals surface area (Å²) in [6, 6.07) is 12.2. The van der Waals surface area contributed by atoms with Gasteiger partial charge < -0.3 is 39.0 Å². The van der Waals surface area contributed by atoms with Crippen molar-refractivity contribution < 1.29 is 48.6 Å². The molecule has 5 rings (SSSR count). The van der Waals surface area contributed by atoms with Crippen LogP contribution in [0.2, 0.25) is 0 Å². The molecule has 3 saturated heterocycles. The molecular formula is C22H20O10. The molecule has 10 nitrogen and oxygen atoms in total. The quantitative estimate of drug-likeness (QED) is 0.624. The Balaban J connectivity index is 1.33. The Labute approximate surface area is 181 Å². The van der Waals surface area contributed by atoms with E-state index in [1.807, 2.05) is 0 Å². The topological polar surface area (TPSA) is 141 Å². The molecule has 0 saturated carbocycles. The lowest BCUT2D eigenvalue weighted by atomic mass is 10.0. The fourth-order valence-electron chi connectivity index (χ4n) is 4.09. The largest absolute Gasteiger partial charge is 0.478 e. The lowest BCUT2D eigenvalue weighted by molar-refractivity contribution is -0.305. The summed E-state index contributed by atoms with van der Waals surface area (Å²) < 4.78 is 29.7. The monoisotopic (exact) mass is 444 g/mol. The number of hydrogen-bond acceptors (Lipinski definition) is 8. The van der Waals surface area contributed by atoms with Crippen LogP contribution in [0.1, 0.15) is 44.4 Å². The van der Waals surface area contributed by atoms with Crippen molar-refractivity contribution >= 4 is 11.9 Å². The van der Waals surface area contributed by atoms with E-state index in [2.05, 4.69) is 0 Å². The Morgan fingerprint density at radius 2 is 1.16 bits per heavy atom. The Bertz CT molecular complexity index is 1000. The standard InChI is InChI=1S/C22H20O10/c23-9-14-15-16(30-20(28-14)12-5-1-10(2-6-12)18(24)25)17-22(29-15)32-21(31-17)13-7-3-11(4-8-13)19(26)27/h1-8,14-17,20-23H,9H2,(H,24,25)(H,26,27). The minimum absolute atomic E-state index is 0.134. The second kappa shape index (κ2) is 8.24. The predicted octanol–water partition coefficient (Wildman–Crippen LogP) is 1.70. The van der Waals surface area contributed by atoms with Crippen LogP contribution in [-0.4, -0.2) is 64.6 Å². The maximum Gasteiger partial charge on any atom is 0.335 e. The van der Waals surface area contributed by atoms with Crippen LogP contribution in [0.4, 0.5) is 0 Å². The first-order chi connectivity index (χ1) is 15.4. The number of benzene rings is 2. The van der Waals surface area contributed by atoms with Gasteiger partial charge in [0.05, 0.1) is 17.7 Å². The molecule has 32 heavy (non-hydrogen) atoms. The molecule has 3 fully saturated rings. The van der Waals surface area contributed by atoms with Gasteiger partial charge in [-0.15, -0.1) is 0 Å². The zero-order valence-corrected chi connectivity index (χ0v) is 16.6. The maximum absolute atomic E-state index is 11.1. The third kappa shape index (κ3) is 3.66. The molecule has 3 aliphatic heterocycles. The van der Waals surface area contributed by atoms with Crippen LogP contribution in [0.3, 0.4) is 0 Å². The molecule has 2 aromatic rings. The fraction of sp³-hybridized carbons (Fsp3) is 0.364. The van der Waals surface area contributed by atoms with Gasteiger partial charge in [-0.2, -0.15) is 0 Å². The highest BCUT2D eigenvalue weighted by atomic mass is 16.8. The summed E-state index contributed by atoms with van der Waals surface area (Å²) in [6.45, 7) is -0.312. The second-order valence-corrected chi connectivity index (χ2v) is 7.68. The third-order valence-corrected chi connectivity index (χ3v) is 5.73. The van der Waals surface area contributed by atoms with E-state index in [4.69, 9.17) is 33.9 Å². The first kappa shape index (κ1) is 21.0. The highest BCUT2D eigenvalue weighted by molar-refractivity contribution is 5.88. The van der Waals surface area contributed by atoms with Gasteiger partial charge in [-0.25, -0.2) is 9.59 Å². The van der Waals surface area contributed by atoms with Crippen molar-refractivity contribution in [1.82, 2.24) is 0 Å². The molecule has 0 radical (unpaired) electrons. The summed E-state index contributed by atoms with van der Waals surface area (Å²) in [5.41, 5.74) is 1.51. The molecule has 3 N–H and O–H groups in total. The Kier molecular flexibility index (Phi) is 5.41. The smallest absolute Gasteiger partial charge is 0.335 e. The number of carboxylic acids is 2. The summed E-state index contributed by atoms with van der Waals surface area (Å²) >= 11 is 0. The average molecular weight is 444 g/mol. The van der Waals surface area contributed by atoms with Crippen LogP contribution in [0.25, 0.3) is 0 Å². The lowest BCUT2D eigenvalue weighted by Crippen LogP contribution is -2.50. The maximum atomic E-state index is 11.1. The van der Waals surface area contributed by atoms with Gasteiger partial charge in [0.25, 0.3) is 0 Å². The van der Waals surface area contributed by atoms with E-state index in [-0.39, 0.29) is 17.7 Å². The highest BCUT2D eigenvalue weighted by Gasteiger charge is 2.58. The van der Waals surface area contributed by atoms with Crippen LogP contribution in [0.15, 0.2) is 48.5 Å². The summed E-state index contributed by atoms with van der Waals surface area (Å²) in [5, 5.41) is 27.9. The summed E-state index contributed by atoms with van der Waals surface area (Å²) in [7, 11) is 0. The zero-order chi connectivity index (χ0) is 22.4. The molecule has 7 atom stereocenters. The van der Waals surface area contributed by atoms with E-state index in [0.29, 0.717) is 11.1 Å². The van der Waals surface area contributed by atoms with Gasteiger partial charge in [0.1, 0.15) is 24.4 Å². The lowest BCUT2D eigenvalue weighted by Gasteiger charge is -2.38. The number of aliphatic hydroxyl groups excluding tert-OH is 1. The number of hydrogen-bond donors (Lipinski definition) is 3. The first-order valence-electron chi connectivity index (χ1n) is 9.99. The summed E-state index contributed by atoms with van der Waals surface area (Å²) in [5.74, 6) is -2.07. The molecule has 0 aliphatic carbocycles. The van der Waals surface area contributed by atoms with Gasteiger partial charge in [-0.1, -0.05) is 24.3 Å². The predicted molar refractivity (Wildman–Crippen MR) is 104 cm³/mol. The van der Waals surface area contributed by atoms with Crippen molar-refractivity contribution in [3.8, 4) is 0 Å². The van der Waals surface area contributed by atoms with Crippen LogP contribution < -0.4 is 0 Å². The highest BCUT2D eigenvalue weighted by Crippen LogP contribution is 2.45. The Morgan fingerprint density at radius 3 is 1.66 bits per heavy atom. The number of fused-ring (bicyclic) bond motifs is 3. The van der Waals surface area contributed by atoms with Gasteiger partial charge in [-0.3, -0.25) is 0 Å². The molecule has 10 heteroatoms. The molecule has 0 aromatic heterocycles. The van der Waals surface area contributed by atoms with Crippen LogP contribution in [-0.2, 0) is 23.7 Å². The van der Waals surface area contributed by atoms with E-state index in [0.717, 1.165) is 0 Å². The average Bonchev–Trinajstić information content (AvgIpc) is 3.37. The number of ether oxygens (including phenoxy) is 5. The zero-order valence-electron chi connectivity index (χ0n) is 16.6. The van der Waals surface area contributed by atoms with Crippen LogP contribution in [0.5, 0.6) is 0 Å². The SMILES string of the molecule is O=C(O)c1ccc(C2OC3OC4C(CO)OC(c5ccc(C(=O)O)cc5)OC4C3O2)cc1. The molecule has 0 amide bonds. The van der Waals surface area contributed by atoms with Crippen molar-refractivity contribution in [3.05, 3.63) is 70.8 Å². The molecule has 0 bridgehead atoms. The molecule has 0 spiro atoms. The molecule has 168 valence electrons. The van der Waals surface area contributed by atoms with Gasteiger partial charge >= 0.3 is 11.9 Å². The van der Waals surface area contributed by atoms with Crippen molar-refractivity contribution in [2.45, 2.75) is 43.3 Å². The minimum Gasteiger partial charge on any atom is -0.478 e. The van der Waals surface area contributed by atoms with Crippen molar-refractivity contribution in [2.24, 2.45) is 0 Å². The van der Waals surface area contributed by atoms with E-state index < -0.39 is 55.2 Å². The van der Waals surface area contributed by atoms with Gasteiger partial charge in [0.2, 0.25) is 0 Å². The molecule has 3 aliphatic rings. The van der Waals surface area contributed by atoms with E-state index >= 15 is 0 Å². The molecular weight excluding hydrogens is 424 g/mol. The van der Waals surface area contributed by atoms with Crippen molar-refractivity contribution in [1.29, 1.82) is 0 Å². The van der Waals surface area contributed by atoms with Crippen LogP contribution >= 0.6 is 0 Å². The number of aromatic carboxylic acids is 2. The minimum atomic E-state index is -1.04. The van der Waals surface area contributed by atoms with Gasteiger partial charge in [0.15, 0.2) is 18.9 Å². The van der Waals surface area contributed by atoms with Crippen molar-refractivity contribution in [2.75, 3.05) is 6.61 Å². The normalized spacial score (nSPS) is 33.5. The third-order valence-electron chi connectivity index (χ3n) is 5.73. The van der Waals surface area contributed by atoms with Gasteiger partial charge in [0, 0.05) is 11.1 Å². The number of carbonyl (C=O) groups is 2. The van der Waals surface area contributed by atoms with Crippen LogP contribution in [0, 0.1) is 0 Å². The van der Waals surface area contributed by atoms with Crippen molar-refractivity contribution in [3.63, 3.8) is 0 Å². The Hall–Kier alpha value is -2.86. The molecule has 7 unspecified atom stereocenters. The van der Waals surface area contributed by atoms with Gasteiger partial charge in [-0.05, 0) is 24.3 Å². The fourth-order valence-corrected chi connectivity index (χ4v) is 4.09. The first-order valence-corrected chi connectivity index (χ1v) is 9.99. The van der Waals surface area contributed by atoms with E-state index in [1.165, 1.54) is 24.3 Å². The number of carboxylic acid groups (broad SMARTS) is 2. The number of aliphatic hydroxyl groups is 1. The summed E-state index contributed by atoms with van der Waals surface area (Å²) in [6.07, 6.45) is -4.86.